The number of rotatable bonds is 14. The van der Waals surface area contributed by atoms with E-state index in [9.17, 15) is 14.4 Å². The quantitative estimate of drug-likeness (QED) is 0.0510. The number of anilines is 3. The van der Waals surface area contributed by atoms with Crippen LogP contribution >= 0.6 is 0 Å². The lowest BCUT2D eigenvalue weighted by Crippen LogP contribution is -2.50. The molecule has 0 aliphatic carbocycles. The first-order valence-corrected chi connectivity index (χ1v) is 22.2. The first-order valence-electron chi connectivity index (χ1n) is 22.2. The first kappa shape index (κ1) is 45.9. The van der Waals surface area contributed by atoms with Crippen molar-refractivity contribution in [2.75, 3.05) is 48.0 Å². The van der Waals surface area contributed by atoms with Crippen LogP contribution in [0.4, 0.5) is 17.1 Å². The van der Waals surface area contributed by atoms with Gasteiger partial charge in [0, 0.05) is 50.3 Å². The lowest BCUT2D eigenvalue weighted by molar-refractivity contribution is -0.00397. The summed E-state index contributed by atoms with van der Waals surface area (Å²) in [6, 6.07) is 19.0. The van der Waals surface area contributed by atoms with Crippen LogP contribution in [0.15, 0.2) is 85.2 Å². The van der Waals surface area contributed by atoms with Gasteiger partial charge in [-0.15, -0.1) is 0 Å². The molecule has 65 heavy (non-hydrogen) atoms. The second-order valence-electron chi connectivity index (χ2n) is 16.2. The molecule has 0 saturated carbocycles. The maximum absolute atomic E-state index is 13.8. The summed E-state index contributed by atoms with van der Waals surface area (Å²) in [6.45, 7) is 21.0. The van der Waals surface area contributed by atoms with Gasteiger partial charge in [0.05, 0.1) is 41.7 Å². The van der Waals surface area contributed by atoms with Gasteiger partial charge < -0.3 is 35.2 Å². The fourth-order valence-electron chi connectivity index (χ4n) is 8.23. The van der Waals surface area contributed by atoms with Crippen molar-refractivity contribution < 1.29 is 28.7 Å². The highest BCUT2D eigenvalue weighted by Crippen LogP contribution is 2.43. The van der Waals surface area contributed by atoms with Gasteiger partial charge in [-0.05, 0) is 108 Å². The van der Waals surface area contributed by atoms with Crippen molar-refractivity contribution in [2.45, 2.75) is 86.8 Å². The number of carbonyl (C=O) groups excluding carboxylic acids is 3. The zero-order valence-electron chi connectivity index (χ0n) is 38.4. The Kier molecular flexibility index (Phi) is 14.6. The fraction of sp³-hybridized carbons (Fsp3) is 0.367. The van der Waals surface area contributed by atoms with Crippen LogP contribution < -0.4 is 40.7 Å². The summed E-state index contributed by atoms with van der Waals surface area (Å²) < 4.78 is 16.6. The van der Waals surface area contributed by atoms with Crippen molar-refractivity contribution in [1.29, 1.82) is 0 Å². The molecule has 0 spiro atoms. The van der Waals surface area contributed by atoms with Gasteiger partial charge in [0.2, 0.25) is 0 Å². The van der Waals surface area contributed by atoms with Crippen molar-refractivity contribution in [3.8, 4) is 11.5 Å². The number of hydrogen-bond acceptors (Lipinski definition) is 12. The average molecular weight is 885 g/mol. The third kappa shape index (κ3) is 10.5. The van der Waals surface area contributed by atoms with E-state index in [1.165, 1.54) is 11.1 Å². The highest BCUT2D eigenvalue weighted by molar-refractivity contribution is 5.96. The highest BCUT2D eigenvalue weighted by atomic mass is 16.7. The van der Waals surface area contributed by atoms with Gasteiger partial charge in [-0.3, -0.25) is 34.1 Å². The van der Waals surface area contributed by atoms with E-state index in [0.717, 1.165) is 28.9 Å². The number of aromatic nitrogens is 4. The molecule has 3 aromatic carbocycles. The summed E-state index contributed by atoms with van der Waals surface area (Å²) in [5.41, 5.74) is 12.1. The van der Waals surface area contributed by atoms with Crippen LogP contribution in [-0.4, -0.2) is 76.8 Å². The van der Waals surface area contributed by atoms with Gasteiger partial charge >= 0.3 is 0 Å². The predicted molar refractivity (Wildman–Crippen MR) is 252 cm³/mol. The Hall–Kier alpha value is -7.07. The van der Waals surface area contributed by atoms with Crippen LogP contribution in [0, 0.1) is 27.7 Å². The molecule has 2 aromatic heterocycles. The second kappa shape index (κ2) is 20.6. The molecule has 7 rings (SSSR count). The predicted octanol–water partition coefficient (Wildman–Crippen LogP) is 7.06. The van der Waals surface area contributed by atoms with Crippen LogP contribution in [0.2, 0.25) is 0 Å². The number of hydroxylamine groups is 1. The van der Waals surface area contributed by atoms with E-state index in [1.54, 1.807) is 28.9 Å². The largest absolute Gasteiger partial charge is 0.491 e. The molecule has 2 aliphatic rings. The lowest BCUT2D eigenvalue weighted by Gasteiger charge is -2.30. The number of benzene rings is 3. The Morgan fingerprint density at radius 2 is 1.60 bits per heavy atom. The molecule has 342 valence electrons. The molecule has 2 aliphatic heterocycles. The second-order valence-corrected chi connectivity index (χ2v) is 16.2. The fourth-order valence-corrected chi connectivity index (χ4v) is 8.23. The van der Waals surface area contributed by atoms with E-state index in [4.69, 9.17) is 14.3 Å². The Morgan fingerprint density at radius 3 is 2.34 bits per heavy atom. The first-order chi connectivity index (χ1) is 31.4. The molecular weight excluding hydrogens is 825 g/mol. The Bertz CT molecular complexity index is 2580. The minimum atomic E-state index is -0.696. The van der Waals surface area contributed by atoms with E-state index in [0.29, 0.717) is 96.8 Å². The molecule has 4 heterocycles. The van der Waals surface area contributed by atoms with Crippen molar-refractivity contribution in [2.24, 2.45) is 0 Å². The zero-order valence-corrected chi connectivity index (χ0v) is 38.4. The van der Waals surface area contributed by atoms with E-state index in [-0.39, 0.29) is 31.1 Å². The van der Waals surface area contributed by atoms with E-state index in [2.05, 4.69) is 57.3 Å². The molecular formula is C49H60N10O6. The molecule has 2 atom stereocenters. The topological polar surface area (TPSA) is 169 Å². The number of nitrogens with one attached hydrogen (secondary N) is 4. The highest BCUT2D eigenvalue weighted by Gasteiger charge is 2.34. The summed E-state index contributed by atoms with van der Waals surface area (Å²) in [6.07, 6.45) is 4.84. The van der Waals surface area contributed by atoms with Crippen LogP contribution in [0.5, 0.6) is 11.5 Å². The van der Waals surface area contributed by atoms with Gasteiger partial charge in [0.15, 0.2) is 6.29 Å². The van der Waals surface area contributed by atoms with Gasteiger partial charge in [-0.2, -0.15) is 10.2 Å². The van der Waals surface area contributed by atoms with E-state index < -0.39 is 6.29 Å². The molecule has 4 N–H and O–H groups in total. The van der Waals surface area contributed by atoms with Gasteiger partial charge in [0.25, 0.3) is 11.8 Å². The normalized spacial score (nSPS) is 15.8. The Balaban J connectivity index is 1.20. The molecule has 0 bridgehead atoms. The molecule has 0 fully saturated rings. The van der Waals surface area contributed by atoms with Gasteiger partial charge in [-0.1, -0.05) is 43.0 Å². The minimum absolute atomic E-state index is 0.215. The average Bonchev–Trinajstić information content (AvgIpc) is 3.98. The number of fused-ring (bicyclic) bond motifs is 1. The molecule has 16 heteroatoms. The smallest absolute Gasteiger partial charge is 0.272 e. The summed E-state index contributed by atoms with van der Waals surface area (Å²) in [7, 11) is 0. The number of aryl methyl sites for hydroxylation is 6. The lowest BCUT2D eigenvalue weighted by atomic mass is 10.0. The number of ether oxygens (including phenoxy) is 2. The van der Waals surface area contributed by atoms with Crippen LogP contribution in [0.25, 0.3) is 0 Å². The Labute approximate surface area is 380 Å². The van der Waals surface area contributed by atoms with Crippen molar-refractivity contribution in [3.63, 3.8) is 0 Å². The molecule has 2 amide bonds. The summed E-state index contributed by atoms with van der Waals surface area (Å²) in [5.74, 6) is 0.877. The summed E-state index contributed by atoms with van der Waals surface area (Å²) in [5, 5.41) is 18.7. The zero-order chi connectivity index (χ0) is 46.2. The van der Waals surface area contributed by atoms with Crippen LogP contribution in [0.3, 0.4) is 0 Å². The third-order valence-electron chi connectivity index (χ3n) is 11.5. The van der Waals surface area contributed by atoms with E-state index >= 15 is 0 Å². The number of aldehydes is 1. The molecule has 16 nitrogen and oxygen atoms in total. The van der Waals surface area contributed by atoms with Gasteiger partial charge in [0.1, 0.15) is 41.1 Å². The van der Waals surface area contributed by atoms with Crippen LogP contribution in [0.1, 0.15) is 98.3 Å². The molecule has 5 aromatic rings. The number of nitrogens with zero attached hydrogens (tertiary/aromatic N) is 6. The standard InChI is InChI=1S/C49H60N10O6/c1-9-58-41(25-33(5)53-58)35(7)65-55-36(8)56-20-13-14-21-57-46-40(51-49(57)52-48(62)42-26-34(6)54-59(42)10-2)27-37(30-60)28-43(46)63-22-15-23-64-44-29-39(24-32(4)45(44)56)47(61)50-19-18-38-17-12-11-16-31(38)3/h11-14,16-17,24-30,35,49,51,55H,8-10,15,18-23H2,1-7H3,(H,50,61)(H,52,62)/b14-13+. The molecule has 2 unspecified atom stereocenters. The van der Waals surface area contributed by atoms with Crippen molar-refractivity contribution in [1.82, 2.24) is 35.7 Å². The molecule has 0 radical (unpaired) electrons. The summed E-state index contributed by atoms with van der Waals surface area (Å²) in [4.78, 5) is 49.9. The van der Waals surface area contributed by atoms with Gasteiger partial charge in [-0.25, -0.2) is 0 Å². The minimum Gasteiger partial charge on any atom is -0.491 e. The maximum Gasteiger partial charge on any atom is 0.272 e. The SMILES string of the molecule is C=C(NOC(C)c1cc(C)nn1CC)N1C/C=C/CN2c3c(cc(C=O)cc3OCCCOc3cc(C(=O)NCCc4ccccc4C)cc(C)c31)NC2NC(=O)c1cc(C)nn1CC. The van der Waals surface area contributed by atoms with Crippen LogP contribution in [-0.2, 0) is 24.3 Å². The number of amides is 2. The van der Waals surface area contributed by atoms with Crippen molar-refractivity contribution in [3.05, 3.63) is 136 Å². The number of hydrogen-bond donors (Lipinski definition) is 4. The molecule has 0 saturated heterocycles. The number of carbonyl (C=O) groups is 3. The van der Waals surface area contributed by atoms with Crippen molar-refractivity contribution >= 4 is 35.2 Å². The third-order valence-corrected chi connectivity index (χ3v) is 11.5. The Morgan fingerprint density at radius 1 is 0.892 bits per heavy atom. The van der Waals surface area contributed by atoms with E-state index in [1.807, 2.05) is 92.4 Å². The monoisotopic (exact) mass is 884 g/mol. The summed E-state index contributed by atoms with van der Waals surface area (Å²) >= 11 is 0. The maximum atomic E-state index is 13.8.